The molecular weight excluding hydrogens is 1300 g/mol. The minimum Gasteiger partial charge on any atom is -0.463 e. The van der Waals surface area contributed by atoms with E-state index in [9.17, 15) is 74.9 Å². The van der Waals surface area contributed by atoms with Crippen LogP contribution in [0.4, 0.5) is 0 Å². The van der Waals surface area contributed by atoms with Crippen molar-refractivity contribution in [3.63, 3.8) is 0 Å². The Morgan fingerprint density at radius 2 is 0.707 bits per heavy atom. The molecule has 1 saturated carbocycles. The number of phosphoric ester groups is 1. The van der Waals surface area contributed by atoms with Gasteiger partial charge in [-0.1, -0.05) is 258 Å². The lowest BCUT2D eigenvalue weighted by Crippen LogP contribution is -2.69. The van der Waals surface area contributed by atoms with E-state index in [1.807, 2.05) is 0 Å². The zero-order valence-corrected chi connectivity index (χ0v) is 61.7. The van der Waals surface area contributed by atoms with E-state index >= 15 is 0 Å². The molecule has 582 valence electrons. The van der Waals surface area contributed by atoms with Crippen LogP contribution in [0.1, 0.15) is 310 Å². The van der Waals surface area contributed by atoms with Crippen molar-refractivity contribution in [3.05, 3.63) is 12.2 Å². The fraction of sp³-hybridized carbons (Fsp3) is 0.932. The Bertz CT molecular complexity index is 2090. The molecule has 0 radical (unpaired) electrons. The average molecular weight is 1440 g/mol. The van der Waals surface area contributed by atoms with Crippen LogP contribution in [0.3, 0.4) is 0 Å². The first-order valence-corrected chi connectivity index (χ1v) is 40.5. The molecule has 24 nitrogen and oxygen atoms in total. The normalized spacial score (nSPS) is 27.5. The Morgan fingerprint density at radius 3 is 1.10 bits per heavy atom. The predicted octanol–water partition coefficient (Wildman–Crippen LogP) is 11.1. The van der Waals surface area contributed by atoms with Crippen molar-refractivity contribution >= 4 is 25.7 Å². The number of rotatable bonds is 61. The number of carbonyl (C=O) groups is 3. The van der Waals surface area contributed by atoms with Gasteiger partial charge in [0.25, 0.3) is 0 Å². The van der Waals surface area contributed by atoms with Gasteiger partial charge in [-0.25, -0.2) is 4.57 Å². The third-order valence-electron chi connectivity index (χ3n) is 19.3. The van der Waals surface area contributed by atoms with Crippen molar-refractivity contribution in [3.8, 4) is 0 Å². The van der Waals surface area contributed by atoms with Crippen LogP contribution in [0.25, 0.3) is 0 Å². The number of unbranched alkanes of at least 4 members (excludes halogenated alkanes) is 38. The summed E-state index contributed by atoms with van der Waals surface area (Å²) in [6.45, 7) is 3.45. The molecule has 0 bridgehead atoms. The molecule has 3 aliphatic rings. The lowest BCUT2D eigenvalue weighted by atomic mass is 9.84. The highest BCUT2D eigenvalue weighted by Crippen LogP contribution is 2.49. The molecule has 18 atom stereocenters. The standard InChI is InChI=1S/C74H137O24P/c1-4-7-10-13-16-19-22-25-27-28-30-32-34-36-39-42-45-48-58(76)90-52-55(93-60(78)50-47-44-41-38-33-24-21-18-15-12-9-6-3)53-92-99(88,89)98-72-70(96-73-68(86)63(81)61(79)56(51-75)94-73)66(84)65(83)67(85)71(72)97-74-69(87)64(82)62(80)57(95-74)54-91-59(77)49-46-43-40-37-35-31-29-26-23-20-17-14-11-8-5-2/h20,23,55-57,61-75,79-87H,4-19,21-22,24-54H2,1-3H3,(H,88,89)/b23-20-. The van der Waals surface area contributed by atoms with E-state index in [1.54, 1.807) is 0 Å². The summed E-state index contributed by atoms with van der Waals surface area (Å²) in [5, 5.41) is 110. The molecular formula is C74H137O24P. The highest BCUT2D eigenvalue weighted by molar-refractivity contribution is 7.47. The van der Waals surface area contributed by atoms with Crippen molar-refractivity contribution in [2.75, 3.05) is 26.4 Å². The van der Waals surface area contributed by atoms with Crippen molar-refractivity contribution in [1.82, 2.24) is 0 Å². The van der Waals surface area contributed by atoms with Crippen molar-refractivity contribution in [1.29, 1.82) is 0 Å². The van der Waals surface area contributed by atoms with Crippen LogP contribution in [0.15, 0.2) is 12.2 Å². The summed E-state index contributed by atoms with van der Waals surface area (Å²) in [4.78, 5) is 51.0. The van der Waals surface area contributed by atoms with Crippen molar-refractivity contribution in [2.24, 2.45) is 0 Å². The Morgan fingerprint density at radius 1 is 0.384 bits per heavy atom. The van der Waals surface area contributed by atoms with E-state index in [-0.39, 0.29) is 19.3 Å². The van der Waals surface area contributed by atoms with Crippen LogP contribution in [-0.4, -0.2) is 204 Å². The van der Waals surface area contributed by atoms with Gasteiger partial charge in [0.05, 0.1) is 13.2 Å². The van der Waals surface area contributed by atoms with Crippen LogP contribution in [0.2, 0.25) is 0 Å². The molecule has 0 aromatic rings. The Hall–Kier alpha value is -2.30. The van der Waals surface area contributed by atoms with Gasteiger partial charge in [0.15, 0.2) is 18.7 Å². The van der Waals surface area contributed by atoms with Crippen molar-refractivity contribution in [2.45, 2.75) is 414 Å². The topological polar surface area (TPSA) is 374 Å². The van der Waals surface area contributed by atoms with E-state index in [0.717, 1.165) is 109 Å². The summed E-state index contributed by atoms with van der Waals surface area (Å²) in [5.41, 5.74) is 0. The van der Waals surface area contributed by atoms with Gasteiger partial charge >= 0.3 is 25.7 Å². The maximum Gasteiger partial charge on any atom is 0.472 e. The molecule has 3 fully saturated rings. The molecule has 2 saturated heterocycles. The highest BCUT2D eigenvalue weighted by Gasteiger charge is 2.58. The van der Waals surface area contributed by atoms with Crippen molar-refractivity contribution < 1.29 is 117 Å². The zero-order valence-electron chi connectivity index (χ0n) is 60.8. The third-order valence-corrected chi connectivity index (χ3v) is 20.3. The highest BCUT2D eigenvalue weighted by atomic mass is 31.2. The largest absolute Gasteiger partial charge is 0.472 e. The fourth-order valence-electron chi connectivity index (χ4n) is 12.9. The first-order valence-electron chi connectivity index (χ1n) is 39.0. The predicted molar refractivity (Wildman–Crippen MR) is 375 cm³/mol. The van der Waals surface area contributed by atoms with Gasteiger partial charge in [0.2, 0.25) is 0 Å². The fourth-order valence-corrected chi connectivity index (χ4v) is 13.9. The van der Waals surface area contributed by atoms with E-state index in [4.69, 9.17) is 42.2 Å². The molecule has 3 rings (SSSR count). The van der Waals surface area contributed by atoms with Crippen LogP contribution < -0.4 is 0 Å². The molecule has 2 aliphatic heterocycles. The third kappa shape index (κ3) is 39.0. The molecule has 99 heavy (non-hydrogen) atoms. The number of ether oxygens (including phenoxy) is 7. The second-order valence-electron chi connectivity index (χ2n) is 28.1. The molecule has 2 heterocycles. The first kappa shape index (κ1) is 90.9. The summed E-state index contributed by atoms with van der Waals surface area (Å²) in [5.74, 6) is -1.98. The second kappa shape index (κ2) is 56.1. The lowest BCUT2D eigenvalue weighted by Gasteiger charge is -2.49. The van der Waals surface area contributed by atoms with Gasteiger partial charge in [-0.3, -0.25) is 23.4 Å². The number of allylic oxidation sites excluding steroid dienone is 2. The molecule has 25 heteroatoms. The summed E-state index contributed by atoms with van der Waals surface area (Å²) in [6.07, 6.45) is 15.5. The summed E-state index contributed by atoms with van der Waals surface area (Å²) < 4.78 is 65.1. The van der Waals surface area contributed by atoms with E-state index in [2.05, 4.69) is 32.9 Å². The van der Waals surface area contributed by atoms with Gasteiger partial charge in [0.1, 0.15) is 98.7 Å². The van der Waals surface area contributed by atoms with E-state index < -0.39 is 156 Å². The Labute approximate surface area is 592 Å². The SMILES string of the molecule is CCCCCC/C=C\CCCCCCCCCC(=O)OCC1OC(OC2C(O)C(O)C(O)C(OC3OC(CO)C(O)C(O)C3O)C2OP(=O)(O)OCC(COC(=O)CCCCCCCCCCCCCCCCCCC)OC(=O)CCCCCCCCCCCCCC)C(O)C(O)C1O. The van der Waals surface area contributed by atoms with Gasteiger partial charge in [-0.15, -0.1) is 0 Å². The number of hydrogen-bond acceptors (Lipinski definition) is 23. The average Bonchev–Trinajstić information content (AvgIpc) is 0.762. The van der Waals surface area contributed by atoms with Gasteiger partial charge in [-0.05, 0) is 44.9 Å². The summed E-state index contributed by atoms with van der Waals surface area (Å²) >= 11 is 0. The molecule has 0 amide bonds. The Balaban J connectivity index is 1.71. The van der Waals surface area contributed by atoms with E-state index in [1.165, 1.54) is 141 Å². The second-order valence-corrected chi connectivity index (χ2v) is 29.5. The molecule has 1 aliphatic carbocycles. The maximum atomic E-state index is 14.3. The van der Waals surface area contributed by atoms with Crippen LogP contribution in [0, 0.1) is 0 Å². The monoisotopic (exact) mass is 1440 g/mol. The van der Waals surface area contributed by atoms with Crippen LogP contribution in [0.5, 0.6) is 0 Å². The molecule has 0 aromatic heterocycles. The molecule has 0 aromatic carbocycles. The number of aliphatic hydroxyl groups is 10. The van der Waals surface area contributed by atoms with Gasteiger partial charge in [0, 0.05) is 19.3 Å². The number of carbonyl (C=O) groups excluding carboxylic acids is 3. The van der Waals surface area contributed by atoms with Gasteiger partial charge < -0.3 is 89.1 Å². The smallest absolute Gasteiger partial charge is 0.463 e. The van der Waals surface area contributed by atoms with Crippen LogP contribution >= 0.6 is 7.82 Å². The summed E-state index contributed by atoms with van der Waals surface area (Å²) in [6, 6.07) is 0. The molecule has 0 spiro atoms. The lowest BCUT2D eigenvalue weighted by molar-refractivity contribution is -0.360. The summed E-state index contributed by atoms with van der Waals surface area (Å²) in [7, 11) is -5.69. The number of hydrogen-bond donors (Lipinski definition) is 11. The maximum absolute atomic E-state index is 14.3. The van der Waals surface area contributed by atoms with Gasteiger partial charge in [-0.2, -0.15) is 0 Å². The minimum absolute atomic E-state index is 0.0248. The molecule has 18 unspecified atom stereocenters. The van der Waals surface area contributed by atoms with Crippen LogP contribution in [-0.2, 0) is 61.2 Å². The molecule has 11 N–H and O–H groups in total. The zero-order chi connectivity index (χ0) is 72.5. The minimum atomic E-state index is -5.69. The first-order chi connectivity index (χ1) is 47.8. The van der Waals surface area contributed by atoms with E-state index in [0.29, 0.717) is 19.3 Å². The quantitative estimate of drug-likeness (QED) is 0.00886. The number of aliphatic hydroxyl groups excluding tert-OH is 10. The number of phosphoric acid groups is 1. The Kier molecular flexibility index (Phi) is 51.5. The number of esters is 3.